The van der Waals surface area contributed by atoms with Gasteiger partial charge >= 0.3 is 5.69 Å². The van der Waals surface area contributed by atoms with Gasteiger partial charge in [-0.05, 0) is 34.9 Å². The van der Waals surface area contributed by atoms with Crippen molar-refractivity contribution in [1.29, 1.82) is 0 Å². The lowest BCUT2D eigenvalue weighted by Gasteiger charge is -2.37. The second-order valence-corrected chi connectivity index (χ2v) is 9.65. The maximum atomic E-state index is 13.4. The lowest BCUT2D eigenvalue weighted by Crippen LogP contribution is -2.40. The van der Waals surface area contributed by atoms with Gasteiger partial charge in [-0.3, -0.25) is 4.57 Å². The molecule has 2 N–H and O–H groups in total. The molecule has 1 saturated heterocycles. The number of aromatic nitrogens is 2. The average molecular weight is 528 g/mol. The Hall–Kier alpha value is -3.98. The molecule has 0 spiro atoms. The van der Waals surface area contributed by atoms with E-state index in [-0.39, 0.29) is 12.5 Å². The topological polar surface area (TPSA) is 94.8 Å². The molecule has 0 saturated carbocycles. The van der Waals surface area contributed by atoms with Gasteiger partial charge < -0.3 is 24.6 Å². The van der Waals surface area contributed by atoms with Gasteiger partial charge in [0.1, 0.15) is 23.2 Å². The Balaban J connectivity index is 1.62. The molecule has 1 fully saturated rings. The van der Waals surface area contributed by atoms with E-state index in [9.17, 15) is 9.90 Å². The lowest BCUT2D eigenvalue weighted by molar-refractivity contribution is -0.0624. The molecular weight excluding hydrogens is 494 g/mol. The van der Waals surface area contributed by atoms with E-state index in [2.05, 4.69) is 34.6 Å². The average Bonchev–Trinajstić information content (AvgIpc) is 3.31. The summed E-state index contributed by atoms with van der Waals surface area (Å²) < 4.78 is 18.4. The minimum atomic E-state index is -0.865. The number of aliphatic hydroxyl groups is 1. The number of benzene rings is 3. The highest BCUT2D eigenvalue weighted by atomic mass is 16.6. The largest absolute Gasteiger partial charge is 0.497 e. The fraction of sp³-hybridized carbons (Fsp3) is 0.290. The summed E-state index contributed by atoms with van der Waals surface area (Å²) in [6.07, 6.45) is 0.150. The maximum Gasteiger partial charge on any atom is 0.351 e. The number of nitrogens with one attached hydrogen (secondary N) is 1. The van der Waals surface area contributed by atoms with Gasteiger partial charge in [-0.1, -0.05) is 79.7 Å². The molecule has 1 aliphatic rings. The van der Waals surface area contributed by atoms with Crippen LogP contribution in [0.4, 0.5) is 5.82 Å². The van der Waals surface area contributed by atoms with Crippen molar-refractivity contribution in [3.8, 4) is 5.75 Å². The Morgan fingerprint density at radius 1 is 0.923 bits per heavy atom. The van der Waals surface area contributed by atoms with Crippen molar-refractivity contribution in [2.24, 2.45) is 5.92 Å². The molecule has 1 aliphatic heterocycles. The number of hydrogen-bond acceptors (Lipinski definition) is 7. The van der Waals surface area contributed by atoms with E-state index in [0.29, 0.717) is 5.82 Å². The van der Waals surface area contributed by atoms with Crippen molar-refractivity contribution in [2.75, 3.05) is 26.1 Å². The van der Waals surface area contributed by atoms with E-state index in [1.807, 2.05) is 67.6 Å². The third-order valence-corrected chi connectivity index (χ3v) is 7.51. The predicted molar refractivity (Wildman–Crippen MR) is 149 cm³/mol. The third kappa shape index (κ3) is 4.94. The standard InChI is InChI=1S/C31H33N3O5/c1-21-26(20-35)39-29(28(21)38-3)34-19-18-27(32-30(34)36)33-31(22-10-6-4-7-11-22,23-12-8-5-9-13-23)24-14-16-25(37-2)17-15-24/h4-19,21,26,28-29,35H,20H2,1-3H3,(H,32,33,36)/t21-,26+,28?,29+/m0/s1. The van der Waals surface area contributed by atoms with Crippen molar-refractivity contribution in [3.63, 3.8) is 0 Å². The molecule has 1 unspecified atom stereocenters. The van der Waals surface area contributed by atoms with Crippen LogP contribution >= 0.6 is 0 Å². The molecule has 0 amide bonds. The second kappa shape index (κ2) is 11.4. The quantitative estimate of drug-likeness (QED) is 0.315. The molecule has 3 aromatic carbocycles. The fourth-order valence-corrected chi connectivity index (χ4v) is 5.42. The molecule has 4 atom stereocenters. The van der Waals surface area contributed by atoms with Crippen molar-refractivity contribution in [1.82, 2.24) is 9.55 Å². The van der Waals surface area contributed by atoms with Crippen LogP contribution in [0.25, 0.3) is 0 Å². The monoisotopic (exact) mass is 527 g/mol. The Morgan fingerprint density at radius 2 is 1.51 bits per heavy atom. The van der Waals surface area contributed by atoms with E-state index in [1.165, 1.54) is 4.57 Å². The Labute approximate surface area is 227 Å². The predicted octanol–water partition coefficient (Wildman–Crippen LogP) is 4.20. The molecule has 202 valence electrons. The molecule has 39 heavy (non-hydrogen) atoms. The summed E-state index contributed by atoms with van der Waals surface area (Å²) in [5, 5.41) is 13.3. The van der Waals surface area contributed by atoms with E-state index in [0.717, 1.165) is 22.4 Å². The SMILES string of the molecule is COc1ccc(C(Nc2ccn([C@@H]3O[C@H](CO)[C@H](C)C3OC)c(=O)n2)(c2ccccc2)c2ccccc2)cc1. The molecule has 8 heteroatoms. The molecule has 0 aliphatic carbocycles. The first-order valence-electron chi connectivity index (χ1n) is 12.9. The van der Waals surface area contributed by atoms with Crippen LogP contribution in [0.15, 0.2) is 102 Å². The van der Waals surface area contributed by atoms with Crippen LogP contribution in [0.3, 0.4) is 0 Å². The summed E-state index contributed by atoms with van der Waals surface area (Å²) in [4.78, 5) is 17.8. The summed E-state index contributed by atoms with van der Waals surface area (Å²) in [5.74, 6) is 1.06. The summed E-state index contributed by atoms with van der Waals surface area (Å²) in [6, 6.07) is 29.8. The van der Waals surface area contributed by atoms with Gasteiger partial charge in [-0.15, -0.1) is 0 Å². The van der Waals surface area contributed by atoms with Crippen molar-refractivity contribution < 1.29 is 19.3 Å². The Morgan fingerprint density at radius 3 is 2.03 bits per heavy atom. The summed E-state index contributed by atoms with van der Waals surface area (Å²) in [7, 11) is 3.22. The van der Waals surface area contributed by atoms with Gasteiger partial charge in [0.15, 0.2) is 6.23 Å². The van der Waals surface area contributed by atoms with Gasteiger partial charge in [0.25, 0.3) is 0 Å². The van der Waals surface area contributed by atoms with Crippen LogP contribution in [0.1, 0.15) is 29.8 Å². The van der Waals surface area contributed by atoms with E-state index >= 15 is 0 Å². The minimum Gasteiger partial charge on any atom is -0.497 e. The van der Waals surface area contributed by atoms with Crippen LogP contribution in [0.5, 0.6) is 5.75 Å². The van der Waals surface area contributed by atoms with E-state index < -0.39 is 29.7 Å². The van der Waals surface area contributed by atoms with Crippen LogP contribution in [-0.4, -0.2) is 47.7 Å². The van der Waals surface area contributed by atoms with Gasteiger partial charge in [0.05, 0.1) is 19.8 Å². The molecule has 4 aromatic rings. The molecule has 5 rings (SSSR count). The lowest BCUT2D eigenvalue weighted by atomic mass is 9.77. The zero-order valence-corrected chi connectivity index (χ0v) is 22.2. The molecule has 2 heterocycles. The normalized spacial score (nSPS) is 21.0. The summed E-state index contributed by atoms with van der Waals surface area (Å²) in [6.45, 7) is 1.78. The minimum absolute atomic E-state index is 0.0893. The Kier molecular flexibility index (Phi) is 7.79. The summed E-state index contributed by atoms with van der Waals surface area (Å²) >= 11 is 0. The maximum absolute atomic E-state index is 13.4. The van der Waals surface area contributed by atoms with Crippen LogP contribution in [0.2, 0.25) is 0 Å². The smallest absolute Gasteiger partial charge is 0.351 e. The van der Waals surface area contributed by atoms with Crippen molar-refractivity contribution in [2.45, 2.75) is 30.9 Å². The fourth-order valence-electron chi connectivity index (χ4n) is 5.42. The van der Waals surface area contributed by atoms with Crippen LogP contribution < -0.4 is 15.7 Å². The van der Waals surface area contributed by atoms with Crippen LogP contribution in [0, 0.1) is 5.92 Å². The number of methoxy groups -OCH3 is 2. The third-order valence-electron chi connectivity index (χ3n) is 7.51. The Bertz CT molecular complexity index is 1390. The number of ether oxygens (including phenoxy) is 3. The van der Waals surface area contributed by atoms with Gasteiger partial charge in [-0.25, -0.2) is 4.79 Å². The molecule has 0 radical (unpaired) electrons. The summed E-state index contributed by atoms with van der Waals surface area (Å²) in [5.41, 5.74) is 1.55. The van der Waals surface area contributed by atoms with Gasteiger partial charge in [0.2, 0.25) is 0 Å². The number of aliphatic hydroxyl groups excluding tert-OH is 1. The zero-order chi connectivity index (χ0) is 27.4. The first-order chi connectivity index (χ1) is 19.0. The zero-order valence-electron chi connectivity index (χ0n) is 22.2. The number of nitrogens with zero attached hydrogens (tertiary/aromatic N) is 2. The number of hydrogen-bond donors (Lipinski definition) is 2. The first kappa shape index (κ1) is 26.6. The van der Waals surface area contributed by atoms with Gasteiger partial charge in [0, 0.05) is 19.2 Å². The van der Waals surface area contributed by atoms with E-state index in [1.54, 1.807) is 26.5 Å². The number of anilines is 1. The van der Waals surface area contributed by atoms with Crippen molar-refractivity contribution >= 4 is 5.82 Å². The molecule has 1 aromatic heterocycles. The van der Waals surface area contributed by atoms with Crippen LogP contribution in [-0.2, 0) is 15.0 Å². The molecular formula is C31H33N3O5. The highest BCUT2D eigenvalue weighted by molar-refractivity contribution is 5.58. The molecule has 8 nitrogen and oxygen atoms in total. The van der Waals surface area contributed by atoms with Crippen molar-refractivity contribution in [3.05, 3.63) is 124 Å². The number of rotatable bonds is 9. The molecule has 0 bridgehead atoms. The first-order valence-corrected chi connectivity index (χ1v) is 12.9. The van der Waals surface area contributed by atoms with E-state index in [4.69, 9.17) is 14.2 Å². The highest BCUT2D eigenvalue weighted by Gasteiger charge is 2.43. The van der Waals surface area contributed by atoms with Gasteiger partial charge in [-0.2, -0.15) is 4.98 Å². The second-order valence-electron chi connectivity index (χ2n) is 9.65. The highest BCUT2D eigenvalue weighted by Crippen LogP contribution is 2.40.